The van der Waals surface area contributed by atoms with Crippen molar-refractivity contribution in [3.05, 3.63) is 33.9 Å². The summed E-state index contributed by atoms with van der Waals surface area (Å²) in [5, 5.41) is 6.94. The number of benzene rings is 1. The van der Waals surface area contributed by atoms with Crippen LogP contribution < -0.4 is 0 Å². The van der Waals surface area contributed by atoms with Gasteiger partial charge in [0.05, 0.1) is 32.4 Å². The Labute approximate surface area is 140 Å². The lowest BCUT2D eigenvalue weighted by atomic mass is 10.1. The van der Waals surface area contributed by atoms with Crippen LogP contribution in [0.1, 0.15) is 25.8 Å². The summed E-state index contributed by atoms with van der Waals surface area (Å²) < 4.78 is 38.3. The molecule has 0 aliphatic heterocycles. The molecular weight excluding hydrogens is 356 g/mol. The van der Waals surface area contributed by atoms with E-state index in [1.165, 1.54) is 0 Å². The molecule has 2 rings (SSSR count). The molecule has 120 valence electrons. The summed E-state index contributed by atoms with van der Waals surface area (Å²) in [7, 11) is 0. The van der Waals surface area contributed by atoms with Crippen LogP contribution in [0.5, 0.6) is 0 Å². The summed E-state index contributed by atoms with van der Waals surface area (Å²) >= 11 is 13.6. The third kappa shape index (κ3) is 3.73. The van der Waals surface area contributed by atoms with Crippen molar-refractivity contribution in [2.24, 2.45) is 0 Å². The molecule has 2 aromatic rings. The molecule has 1 aromatic heterocycles. The fourth-order valence-electron chi connectivity index (χ4n) is 1.82. The number of thioether (sulfide) groups is 1. The molecule has 2 nitrogen and oxygen atoms in total. The van der Waals surface area contributed by atoms with Gasteiger partial charge in [0.2, 0.25) is 0 Å². The molecule has 0 radical (unpaired) electrons. The number of nitrogens with one attached hydrogen (secondary N) is 1. The summed E-state index contributed by atoms with van der Waals surface area (Å²) in [6.45, 7) is 4.10. The normalized spacial score (nSPS) is 13.4. The maximum absolute atomic E-state index is 12.8. The van der Waals surface area contributed by atoms with Crippen LogP contribution in [0.25, 0.3) is 11.3 Å². The molecule has 1 unspecified atom stereocenters. The zero-order chi connectivity index (χ0) is 16.5. The lowest BCUT2D eigenvalue weighted by Gasteiger charge is -2.13. The Morgan fingerprint density at radius 2 is 1.86 bits per heavy atom. The predicted octanol–water partition coefficient (Wildman–Crippen LogP) is 6.29. The summed E-state index contributed by atoms with van der Waals surface area (Å²) in [5.74, 6) is 0. The number of nitrogens with zero attached hydrogens (tertiary/aromatic N) is 1. The van der Waals surface area contributed by atoms with Gasteiger partial charge in [-0.3, -0.25) is 5.10 Å². The van der Waals surface area contributed by atoms with Gasteiger partial charge in [0, 0.05) is 10.8 Å². The number of aromatic nitrogens is 2. The highest BCUT2D eigenvalue weighted by atomic mass is 35.5. The topological polar surface area (TPSA) is 28.7 Å². The van der Waals surface area contributed by atoms with Gasteiger partial charge in [-0.25, -0.2) is 0 Å². The van der Waals surface area contributed by atoms with E-state index in [2.05, 4.69) is 24.0 Å². The number of rotatable bonds is 4. The highest BCUT2D eigenvalue weighted by molar-refractivity contribution is 8.00. The molecule has 0 spiro atoms. The van der Waals surface area contributed by atoms with Crippen molar-refractivity contribution >= 4 is 35.0 Å². The highest BCUT2D eigenvalue weighted by Gasteiger charge is 2.32. The van der Waals surface area contributed by atoms with E-state index >= 15 is 0 Å². The van der Waals surface area contributed by atoms with Crippen LogP contribution in [-0.2, 0) is 6.18 Å². The Bertz CT molecular complexity index is 647. The van der Waals surface area contributed by atoms with Crippen molar-refractivity contribution in [2.75, 3.05) is 0 Å². The first-order valence-electron chi connectivity index (χ1n) is 6.50. The summed E-state index contributed by atoms with van der Waals surface area (Å²) in [4.78, 5) is 0.804. The molecule has 1 heterocycles. The van der Waals surface area contributed by atoms with Gasteiger partial charge < -0.3 is 0 Å². The predicted molar refractivity (Wildman–Crippen MR) is 84.7 cm³/mol. The third-order valence-corrected chi connectivity index (χ3v) is 5.02. The number of halogens is 5. The monoisotopic (exact) mass is 368 g/mol. The van der Waals surface area contributed by atoms with Gasteiger partial charge in [0.1, 0.15) is 0 Å². The van der Waals surface area contributed by atoms with Crippen molar-refractivity contribution in [2.45, 2.75) is 36.6 Å². The molecule has 0 aliphatic rings. The van der Waals surface area contributed by atoms with Gasteiger partial charge in [-0.05, 0) is 18.6 Å². The fraction of sp³-hybridized carbons (Fsp3) is 0.357. The lowest BCUT2D eigenvalue weighted by Crippen LogP contribution is -2.05. The Morgan fingerprint density at radius 3 is 2.36 bits per heavy atom. The number of hydrogen-bond donors (Lipinski definition) is 1. The average Bonchev–Trinajstić information content (AvgIpc) is 2.84. The van der Waals surface area contributed by atoms with Crippen molar-refractivity contribution < 1.29 is 13.2 Å². The van der Waals surface area contributed by atoms with Crippen molar-refractivity contribution in [1.82, 2.24) is 10.2 Å². The van der Waals surface area contributed by atoms with E-state index < -0.39 is 11.7 Å². The smallest absolute Gasteiger partial charge is 0.277 e. The van der Waals surface area contributed by atoms with Crippen LogP contribution in [0.4, 0.5) is 13.2 Å². The highest BCUT2D eigenvalue weighted by Crippen LogP contribution is 2.43. The van der Waals surface area contributed by atoms with Gasteiger partial charge in [-0.2, -0.15) is 18.3 Å². The van der Waals surface area contributed by atoms with Gasteiger partial charge in [-0.15, -0.1) is 11.8 Å². The zero-order valence-corrected chi connectivity index (χ0v) is 14.1. The number of H-pyrrole nitrogens is 1. The van der Waals surface area contributed by atoms with Crippen LogP contribution in [0, 0.1) is 0 Å². The molecule has 22 heavy (non-hydrogen) atoms. The van der Waals surface area contributed by atoms with E-state index in [-0.39, 0.29) is 10.0 Å². The molecule has 1 atom stereocenters. The second-order valence-electron chi connectivity index (χ2n) is 4.76. The molecule has 0 saturated carbocycles. The lowest BCUT2D eigenvalue weighted by molar-refractivity contribution is -0.137. The first-order chi connectivity index (χ1) is 10.2. The first kappa shape index (κ1) is 17.5. The molecular formula is C14H13Cl2F3N2S. The summed E-state index contributed by atoms with van der Waals surface area (Å²) in [5.41, 5.74) is -0.00412. The number of aromatic amines is 1. The van der Waals surface area contributed by atoms with Crippen LogP contribution in [0.15, 0.2) is 23.2 Å². The van der Waals surface area contributed by atoms with Crippen LogP contribution >= 0.6 is 35.0 Å². The maximum Gasteiger partial charge on any atom is 0.416 e. The maximum atomic E-state index is 12.8. The van der Waals surface area contributed by atoms with Crippen LogP contribution in [0.2, 0.25) is 10.0 Å². The molecule has 0 fully saturated rings. The van der Waals surface area contributed by atoms with Gasteiger partial charge in [-0.1, -0.05) is 37.0 Å². The van der Waals surface area contributed by atoms with E-state index in [1.807, 2.05) is 0 Å². The van der Waals surface area contributed by atoms with Crippen molar-refractivity contribution in [3.63, 3.8) is 0 Å². The molecule has 1 aromatic carbocycles. The third-order valence-electron chi connectivity index (χ3n) is 3.13. The largest absolute Gasteiger partial charge is 0.416 e. The second-order valence-corrected chi connectivity index (χ2v) is 7.05. The van der Waals surface area contributed by atoms with Crippen molar-refractivity contribution in [1.29, 1.82) is 0 Å². The fourth-order valence-corrected chi connectivity index (χ4v) is 3.47. The number of hydrogen-bond acceptors (Lipinski definition) is 2. The molecule has 0 amide bonds. The Morgan fingerprint density at radius 1 is 1.27 bits per heavy atom. The van der Waals surface area contributed by atoms with E-state index in [1.54, 1.807) is 18.0 Å². The van der Waals surface area contributed by atoms with E-state index in [4.69, 9.17) is 23.2 Å². The SMILES string of the molecule is CCC(C)Sc1cn[nH]c1-c1c(Cl)cc(C(F)(F)F)cc1Cl. The van der Waals surface area contributed by atoms with E-state index in [0.29, 0.717) is 16.5 Å². The Balaban J connectivity index is 2.49. The standard InChI is InChI=1S/C14H13Cl2F3N2S/c1-3-7(2)22-11-6-20-21-13(11)12-9(15)4-8(5-10(12)16)14(17,18)19/h4-7H,3H2,1-2H3,(H,20,21). The molecule has 1 N–H and O–H groups in total. The van der Waals surface area contributed by atoms with Gasteiger partial charge >= 0.3 is 6.18 Å². The Hall–Kier alpha value is -0.850. The van der Waals surface area contributed by atoms with Gasteiger partial charge in [0.15, 0.2) is 0 Å². The van der Waals surface area contributed by atoms with Crippen LogP contribution in [-0.4, -0.2) is 15.4 Å². The minimum atomic E-state index is -4.49. The number of alkyl halides is 3. The van der Waals surface area contributed by atoms with E-state index in [9.17, 15) is 13.2 Å². The minimum absolute atomic E-state index is 0.0601. The van der Waals surface area contributed by atoms with E-state index in [0.717, 1.165) is 23.4 Å². The van der Waals surface area contributed by atoms with Gasteiger partial charge in [0.25, 0.3) is 0 Å². The van der Waals surface area contributed by atoms with Crippen molar-refractivity contribution in [3.8, 4) is 11.3 Å². The first-order valence-corrected chi connectivity index (χ1v) is 8.14. The zero-order valence-electron chi connectivity index (χ0n) is 11.8. The molecule has 0 aliphatic carbocycles. The minimum Gasteiger partial charge on any atom is -0.277 e. The average molecular weight is 369 g/mol. The Kier molecular flexibility index (Phi) is 5.35. The summed E-state index contributed by atoms with van der Waals surface area (Å²) in [6.07, 6.45) is -1.92. The van der Waals surface area contributed by atoms with Crippen LogP contribution in [0.3, 0.4) is 0 Å². The second kappa shape index (κ2) is 6.72. The molecule has 0 bridgehead atoms. The quantitative estimate of drug-likeness (QED) is 0.642. The molecule has 0 saturated heterocycles. The summed E-state index contributed by atoms with van der Waals surface area (Å²) in [6, 6.07) is 1.75. The molecule has 8 heteroatoms.